The highest BCUT2D eigenvalue weighted by atomic mass is 16.5. The maximum Gasteiger partial charge on any atom is 0.100 e. The van der Waals surface area contributed by atoms with Gasteiger partial charge in [-0.25, -0.2) is 4.98 Å². The van der Waals surface area contributed by atoms with E-state index < -0.39 is 0 Å². The summed E-state index contributed by atoms with van der Waals surface area (Å²) in [6, 6.07) is 18.5. The Labute approximate surface area is 141 Å². The molecule has 1 aliphatic rings. The van der Waals surface area contributed by atoms with Gasteiger partial charge in [-0.2, -0.15) is 5.26 Å². The van der Waals surface area contributed by atoms with Crippen molar-refractivity contribution in [2.45, 2.75) is 25.4 Å². The molecule has 3 nitrogen and oxygen atoms in total. The fourth-order valence-electron chi connectivity index (χ4n) is 3.97. The number of aromatic nitrogens is 1. The Hall–Kier alpha value is -2.70. The van der Waals surface area contributed by atoms with Crippen LogP contribution in [0.3, 0.4) is 0 Å². The lowest BCUT2D eigenvalue weighted by Crippen LogP contribution is -2.33. The smallest absolute Gasteiger partial charge is 0.100 e. The Kier molecular flexibility index (Phi) is 3.19. The van der Waals surface area contributed by atoms with Gasteiger partial charge >= 0.3 is 0 Å². The van der Waals surface area contributed by atoms with E-state index in [1.54, 1.807) is 7.11 Å². The predicted molar refractivity (Wildman–Crippen MR) is 94.7 cm³/mol. The van der Waals surface area contributed by atoms with E-state index in [9.17, 15) is 5.26 Å². The van der Waals surface area contributed by atoms with Gasteiger partial charge in [0.2, 0.25) is 0 Å². The Morgan fingerprint density at radius 3 is 2.54 bits per heavy atom. The van der Waals surface area contributed by atoms with E-state index in [-0.39, 0.29) is 11.5 Å². The van der Waals surface area contributed by atoms with Crippen molar-refractivity contribution in [3.05, 3.63) is 65.2 Å². The van der Waals surface area contributed by atoms with Crippen LogP contribution in [0.2, 0.25) is 0 Å². The van der Waals surface area contributed by atoms with E-state index in [0.717, 1.165) is 27.7 Å². The number of methoxy groups -OCH3 is 1. The summed E-state index contributed by atoms with van der Waals surface area (Å²) in [6.45, 7) is 4.33. The molecule has 3 heteroatoms. The van der Waals surface area contributed by atoms with Crippen LogP contribution in [0.4, 0.5) is 0 Å². The molecule has 118 valence electrons. The molecule has 0 aliphatic heterocycles. The van der Waals surface area contributed by atoms with E-state index in [2.05, 4.69) is 32.0 Å². The fraction of sp³-hybridized carbons (Fsp3) is 0.238. The molecule has 0 saturated carbocycles. The third kappa shape index (κ3) is 1.84. The van der Waals surface area contributed by atoms with Gasteiger partial charge in [-0.15, -0.1) is 0 Å². The second kappa shape index (κ2) is 5.15. The monoisotopic (exact) mass is 314 g/mol. The van der Waals surface area contributed by atoms with E-state index in [1.165, 1.54) is 5.56 Å². The van der Waals surface area contributed by atoms with Gasteiger partial charge in [-0.05, 0) is 11.6 Å². The number of pyridine rings is 1. The summed E-state index contributed by atoms with van der Waals surface area (Å²) in [5, 5.41) is 10.8. The van der Waals surface area contributed by atoms with Crippen LogP contribution in [0.25, 0.3) is 22.2 Å². The lowest BCUT2D eigenvalue weighted by atomic mass is 9.68. The van der Waals surface area contributed by atoms with Crippen molar-refractivity contribution in [2.75, 3.05) is 7.11 Å². The lowest BCUT2D eigenvalue weighted by molar-refractivity contribution is 0.0431. The van der Waals surface area contributed by atoms with Gasteiger partial charge in [0.15, 0.2) is 0 Å². The largest absolute Gasteiger partial charge is 0.376 e. The van der Waals surface area contributed by atoms with Crippen molar-refractivity contribution < 1.29 is 4.74 Å². The second-order valence-electron chi connectivity index (χ2n) is 6.76. The summed E-state index contributed by atoms with van der Waals surface area (Å²) in [5.74, 6) is 0. The highest BCUT2D eigenvalue weighted by molar-refractivity contribution is 5.91. The zero-order valence-corrected chi connectivity index (χ0v) is 14.0. The quantitative estimate of drug-likeness (QED) is 0.651. The molecule has 0 amide bonds. The molecule has 0 radical (unpaired) electrons. The summed E-state index contributed by atoms with van der Waals surface area (Å²) >= 11 is 0. The Morgan fingerprint density at radius 1 is 1.08 bits per heavy atom. The van der Waals surface area contributed by atoms with Crippen LogP contribution in [-0.4, -0.2) is 12.1 Å². The Balaban J connectivity index is 2.21. The van der Waals surface area contributed by atoms with Gasteiger partial charge in [-0.1, -0.05) is 56.3 Å². The van der Waals surface area contributed by atoms with Crippen molar-refractivity contribution >= 4 is 10.9 Å². The first-order chi connectivity index (χ1) is 11.6. The molecule has 1 aromatic heterocycles. The minimum atomic E-state index is -0.242. The number of hydrogen-bond donors (Lipinski definition) is 0. The molecular weight excluding hydrogens is 296 g/mol. The minimum absolute atomic E-state index is 0.214. The van der Waals surface area contributed by atoms with Crippen LogP contribution < -0.4 is 0 Å². The summed E-state index contributed by atoms with van der Waals surface area (Å²) in [5.41, 5.74) is 5.34. The number of benzene rings is 2. The zero-order valence-electron chi connectivity index (χ0n) is 14.0. The van der Waals surface area contributed by atoms with Crippen LogP contribution >= 0.6 is 0 Å². The molecule has 1 atom stereocenters. The number of nitriles is 1. The molecule has 4 rings (SSSR count). The lowest BCUT2D eigenvalue weighted by Gasteiger charge is -2.40. The van der Waals surface area contributed by atoms with E-state index in [4.69, 9.17) is 9.72 Å². The second-order valence-corrected chi connectivity index (χ2v) is 6.76. The van der Waals surface area contributed by atoms with Crippen molar-refractivity contribution in [3.63, 3.8) is 0 Å². The topological polar surface area (TPSA) is 45.9 Å². The highest BCUT2D eigenvalue weighted by Gasteiger charge is 2.42. The molecular formula is C21H18N2O. The summed E-state index contributed by atoms with van der Waals surface area (Å²) < 4.78 is 5.89. The van der Waals surface area contributed by atoms with Gasteiger partial charge in [-0.3, -0.25) is 0 Å². The molecule has 0 spiro atoms. The highest BCUT2D eigenvalue weighted by Crippen LogP contribution is 2.51. The predicted octanol–water partition coefficient (Wildman–Crippen LogP) is 4.75. The van der Waals surface area contributed by atoms with Gasteiger partial charge in [0.05, 0.1) is 22.9 Å². The number of ether oxygens (including phenoxy) is 1. The zero-order chi connectivity index (χ0) is 16.9. The van der Waals surface area contributed by atoms with Crippen LogP contribution in [0.5, 0.6) is 0 Å². The maximum absolute atomic E-state index is 9.89. The maximum atomic E-state index is 9.89. The van der Waals surface area contributed by atoms with E-state index in [0.29, 0.717) is 5.56 Å². The summed E-state index contributed by atoms with van der Waals surface area (Å²) in [6.07, 6.45) is -0.214. The normalized spacial score (nSPS) is 17.8. The van der Waals surface area contributed by atoms with Crippen LogP contribution in [0.1, 0.15) is 36.6 Å². The van der Waals surface area contributed by atoms with Gasteiger partial charge in [0, 0.05) is 29.0 Å². The first kappa shape index (κ1) is 14.9. The number of hydrogen-bond acceptors (Lipinski definition) is 3. The third-order valence-corrected chi connectivity index (χ3v) is 5.07. The van der Waals surface area contributed by atoms with Crippen molar-refractivity contribution in [3.8, 4) is 17.3 Å². The van der Waals surface area contributed by atoms with Crippen LogP contribution in [0, 0.1) is 11.3 Å². The SMILES string of the molecule is COC1c2c(nc3ccccc3c2C#N)-c2ccccc2C1(C)C. The Morgan fingerprint density at radius 2 is 1.79 bits per heavy atom. The molecule has 3 aromatic rings. The molecule has 1 aliphatic carbocycles. The van der Waals surface area contributed by atoms with Gasteiger partial charge in [0.25, 0.3) is 0 Å². The van der Waals surface area contributed by atoms with Crippen molar-refractivity contribution in [2.24, 2.45) is 0 Å². The summed E-state index contributed by atoms with van der Waals surface area (Å²) in [4.78, 5) is 4.90. The fourth-order valence-corrected chi connectivity index (χ4v) is 3.97. The number of para-hydroxylation sites is 1. The van der Waals surface area contributed by atoms with Gasteiger partial charge in [0.1, 0.15) is 6.07 Å². The van der Waals surface area contributed by atoms with Crippen LogP contribution in [-0.2, 0) is 10.2 Å². The molecule has 2 aromatic carbocycles. The van der Waals surface area contributed by atoms with Crippen molar-refractivity contribution in [1.29, 1.82) is 5.26 Å². The molecule has 24 heavy (non-hydrogen) atoms. The first-order valence-corrected chi connectivity index (χ1v) is 8.05. The molecule has 0 fully saturated rings. The number of nitrogens with zero attached hydrogens (tertiary/aromatic N) is 2. The minimum Gasteiger partial charge on any atom is -0.376 e. The summed E-state index contributed by atoms with van der Waals surface area (Å²) in [7, 11) is 1.71. The molecule has 1 unspecified atom stereocenters. The third-order valence-electron chi connectivity index (χ3n) is 5.07. The van der Waals surface area contributed by atoms with Crippen LogP contribution in [0.15, 0.2) is 48.5 Å². The molecule has 1 heterocycles. The number of fused-ring (bicyclic) bond motifs is 4. The van der Waals surface area contributed by atoms with E-state index in [1.807, 2.05) is 36.4 Å². The first-order valence-electron chi connectivity index (χ1n) is 8.05. The van der Waals surface area contributed by atoms with Gasteiger partial charge < -0.3 is 4.74 Å². The number of rotatable bonds is 1. The molecule has 0 N–H and O–H groups in total. The van der Waals surface area contributed by atoms with E-state index >= 15 is 0 Å². The average Bonchev–Trinajstić information content (AvgIpc) is 2.60. The average molecular weight is 314 g/mol. The molecule has 0 bridgehead atoms. The Bertz CT molecular complexity index is 998. The standard InChI is InChI=1S/C21H18N2O/c1-21(2)16-10-6-4-9-14(16)19-18(20(21)24-3)15(12-22)13-8-5-7-11-17(13)23-19/h4-11,20H,1-3H3. The molecule has 0 saturated heterocycles. The van der Waals surface area contributed by atoms with Crippen molar-refractivity contribution in [1.82, 2.24) is 4.98 Å².